The van der Waals surface area contributed by atoms with Crippen LogP contribution in [0, 0.1) is 13.8 Å². The van der Waals surface area contributed by atoms with Crippen LogP contribution in [0.25, 0.3) is 0 Å². The fourth-order valence-corrected chi connectivity index (χ4v) is 2.87. The van der Waals surface area contributed by atoms with Gasteiger partial charge in [-0.15, -0.1) is 11.3 Å². The van der Waals surface area contributed by atoms with Crippen molar-refractivity contribution in [1.82, 2.24) is 5.32 Å². The van der Waals surface area contributed by atoms with Gasteiger partial charge in [0, 0.05) is 17.0 Å². The van der Waals surface area contributed by atoms with Crippen molar-refractivity contribution in [2.45, 2.75) is 20.4 Å². The van der Waals surface area contributed by atoms with Crippen LogP contribution in [0.2, 0.25) is 0 Å². The quantitative estimate of drug-likeness (QED) is 0.854. The molecule has 0 atom stereocenters. The third kappa shape index (κ3) is 3.43. The zero-order valence-corrected chi connectivity index (χ0v) is 13.0. The van der Waals surface area contributed by atoms with E-state index in [0.29, 0.717) is 11.5 Å². The third-order valence-corrected chi connectivity index (χ3v) is 4.44. The van der Waals surface area contributed by atoms with Crippen molar-refractivity contribution in [2.24, 2.45) is 5.73 Å². The van der Waals surface area contributed by atoms with E-state index in [1.165, 1.54) is 16.2 Å². The Hall–Kier alpha value is -1.72. The minimum atomic E-state index is -0.0491. The van der Waals surface area contributed by atoms with Crippen molar-refractivity contribution in [1.29, 1.82) is 0 Å². The molecule has 0 aliphatic heterocycles. The first-order chi connectivity index (χ1) is 9.47. The minimum absolute atomic E-state index is 0.0491. The van der Waals surface area contributed by atoms with Gasteiger partial charge in [-0.2, -0.15) is 0 Å². The number of rotatable bonds is 4. The standard InChI is InChI=1S/C15H16N2OS2/c1-9-6-13(20-10(9)2)15(18)17-8-11-4-3-5-12(7-11)14(16)19/h3-7H,8H2,1-2H3,(H2,16,19)(H,17,18). The van der Waals surface area contributed by atoms with E-state index in [2.05, 4.69) is 5.32 Å². The van der Waals surface area contributed by atoms with Crippen LogP contribution in [0.15, 0.2) is 30.3 Å². The van der Waals surface area contributed by atoms with Gasteiger partial charge in [0.15, 0.2) is 0 Å². The van der Waals surface area contributed by atoms with E-state index >= 15 is 0 Å². The van der Waals surface area contributed by atoms with Crippen LogP contribution in [0.4, 0.5) is 0 Å². The van der Waals surface area contributed by atoms with Gasteiger partial charge in [0.25, 0.3) is 5.91 Å². The summed E-state index contributed by atoms with van der Waals surface area (Å²) in [5.41, 5.74) is 8.54. The first kappa shape index (κ1) is 14.7. The summed E-state index contributed by atoms with van der Waals surface area (Å²) in [7, 11) is 0. The van der Waals surface area contributed by atoms with Gasteiger partial charge in [-0.3, -0.25) is 4.79 Å². The number of nitrogens with one attached hydrogen (secondary N) is 1. The number of hydrogen-bond donors (Lipinski definition) is 2. The average Bonchev–Trinajstić information content (AvgIpc) is 2.76. The fourth-order valence-electron chi connectivity index (χ4n) is 1.79. The second-order valence-corrected chi connectivity index (χ2v) is 6.29. The molecular weight excluding hydrogens is 288 g/mol. The lowest BCUT2D eigenvalue weighted by atomic mass is 10.1. The van der Waals surface area contributed by atoms with Crippen molar-refractivity contribution < 1.29 is 4.79 Å². The molecule has 3 nitrogen and oxygen atoms in total. The van der Waals surface area contributed by atoms with Crippen molar-refractivity contribution >= 4 is 34.5 Å². The molecule has 0 saturated heterocycles. The Kier molecular flexibility index (Phi) is 4.52. The van der Waals surface area contributed by atoms with Gasteiger partial charge in [-0.25, -0.2) is 0 Å². The van der Waals surface area contributed by atoms with Crippen molar-refractivity contribution in [3.8, 4) is 0 Å². The topological polar surface area (TPSA) is 55.1 Å². The van der Waals surface area contributed by atoms with Gasteiger partial charge in [0.05, 0.1) is 4.88 Å². The second-order valence-electron chi connectivity index (χ2n) is 4.60. The molecular formula is C15H16N2OS2. The Morgan fingerprint density at radius 2 is 2.10 bits per heavy atom. The molecule has 20 heavy (non-hydrogen) atoms. The lowest BCUT2D eigenvalue weighted by Gasteiger charge is -2.05. The van der Waals surface area contributed by atoms with E-state index in [0.717, 1.165) is 21.6 Å². The lowest BCUT2D eigenvalue weighted by molar-refractivity contribution is 0.0955. The van der Waals surface area contributed by atoms with Gasteiger partial charge < -0.3 is 11.1 Å². The van der Waals surface area contributed by atoms with Crippen LogP contribution in [0.5, 0.6) is 0 Å². The number of aryl methyl sites for hydroxylation is 2. The third-order valence-electron chi connectivity index (χ3n) is 3.05. The highest BCUT2D eigenvalue weighted by Crippen LogP contribution is 2.20. The average molecular weight is 304 g/mol. The molecule has 0 fully saturated rings. The Balaban J connectivity index is 2.03. The predicted octanol–water partition coefficient (Wildman–Crippen LogP) is 2.93. The number of benzene rings is 1. The van der Waals surface area contributed by atoms with E-state index < -0.39 is 0 Å². The maximum atomic E-state index is 12.1. The number of thiophene rings is 1. The molecule has 5 heteroatoms. The molecule has 0 spiro atoms. The van der Waals surface area contributed by atoms with E-state index in [4.69, 9.17) is 18.0 Å². The summed E-state index contributed by atoms with van der Waals surface area (Å²) in [5, 5.41) is 2.91. The van der Waals surface area contributed by atoms with Crippen LogP contribution in [-0.4, -0.2) is 10.9 Å². The molecule has 1 heterocycles. The van der Waals surface area contributed by atoms with Crippen LogP contribution >= 0.6 is 23.6 Å². The SMILES string of the molecule is Cc1cc(C(=O)NCc2cccc(C(N)=S)c2)sc1C. The first-order valence-corrected chi connectivity index (χ1v) is 7.44. The van der Waals surface area contributed by atoms with E-state index in [-0.39, 0.29) is 5.91 Å². The van der Waals surface area contributed by atoms with E-state index in [9.17, 15) is 4.79 Å². The van der Waals surface area contributed by atoms with Crippen LogP contribution in [0.1, 0.15) is 31.2 Å². The molecule has 0 aliphatic rings. The number of amides is 1. The largest absolute Gasteiger partial charge is 0.389 e. The summed E-state index contributed by atoms with van der Waals surface area (Å²) in [4.78, 5) is 14.3. The van der Waals surface area contributed by atoms with Crippen LogP contribution in [-0.2, 0) is 6.54 Å². The number of hydrogen-bond acceptors (Lipinski definition) is 3. The highest BCUT2D eigenvalue weighted by atomic mass is 32.1. The Morgan fingerprint density at radius 3 is 2.70 bits per heavy atom. The normalized spacial score (nSPS) is 10.3. The highest BCUT2D eigenvalue weighted by Gasteiger charge is 2.10. The van der Waals surface area contributed by atoms with Crippen LogP contribution < -0.4 is 11.1 Å². The molecule has 0 saturated carbocycles. The Labute approximate surface area is 127 Å². The minimum Gasteiger partial charge on any atom is -0.389 e. The van der Waals surface area contributed by atoms with Gasteiger partial charge in [0.1, 0.15) is 4.99 Å². The maximum Gasteiger partial charge on any atom is 0.261 e. The van der Waals surface area contributed by atoms with Crippen molar-refractivity contribution in [3.05, 3.63) is 56.8 Å². The van der Waals surface area contributed by atoms with Crippen molar-refractivity contribution in [3.63, 3.8) is 0 Å². The van der Waals surface area contributed by atoms with Gasteiger partial charge in [-0.05, 0) is 37.1 Å². The summed E-state index contributed by atoms with van der Waals surface area (Å²) >= 11 is 6.46. The zero-order valence-electron chi connectivity index (χ0n) is 11.4. The summed E-state index contributed by atoms with van der Waals surface area (Å²) in [5.74, 6) is -0.0491. The summed E-state index contributed by atoms with van der Waals surface area (Å²) < 4.78 is 0. The Morgan fingerprint density at radius 1 is 1.35 bits per heavy atom. The molecule has 1 aromatic carbocycles. The van der Waals surface area contributed by atoms with Gasteiger partial charge >= 0.3 is 0 Å². The van der Waals surface area contributed by atoms with Crippen molar-refractivity contribution in [2.75, 3.05) is 0 Å². The predicted molar refractivity (Wildman–Crippen MR) is 87.3 cm³/mol. The molecule has 104 valence electrons. The van der Waals surface area contributed by atoms with Gasteiger partial charge in [-0.1, -0.05) is 30.4 Å². The van der Waals surface area contributed by atoms with Gasteiger partial charge in [0.2, 0.25) is 0 Å². The molecule has 3 N–H and O–H groups in total. The molecule has 0 radical (unpaired) electrons. The monoisotopic (exact) mass is 304 g/mol. The molecule has 1 aromatic heterocycles. The molecule has 2 rings (SSSR count). The molecule has 0 aliphatic carbocycles. The number of carbonyl (C=O) groups excluding carboxylic acids is 1. The fraction of sp³-hybridized carbons (Fsp3) is 0.200. The number of nitrogens with two attached hydrogens (primary N) is 1. The second kappa shape index (κ2) is 6.15. The number of thiocarbonyl (C=S) groups is 1. The lowest BCUT2D eigenvalue weighted by Crippen LogP contribution is -2.22. The molecule has 1 amide bonds. The van der Waals surface area contributed by atoms with E-state index in [1.807, 2.05) is 44.2 Å². The first-order valence-electron chi connectivity index (χ1n) is 6.21. The summed E-state index contributed by atoms with van der Waals surface area (Å²) in [6, 6.07) is 9.50. The molecule has 2 aromatic rings. The summed E-state index contributed by atoms with van der Waals surface area (Å²) in [6.07, 6.45) is 0. The molecule has 0 unspecified atom stereocenters. The van der Waals surface area contributed by atoms with Crippen LogP contribution in [0.3, 0.4) is 0 Å². The zero-order chi connectivity index (χ0) is 14.7. The smallest absolute Gasteiger partial charge is 0.261 e. The summed E-state index contributed by atoms with van der Waals surface area (Å²) in [6.45, 7) is 4.49. The molecule has 0 bridgehead atoms. The number of carbonyl (C=O) groups is 1. The highest BCUT2D eigenvalue weighted by molar-refractivity contribution is 7.80. The maximum absolute atomic E-state index is 12.1. The Bertz CT molecular complexity index is 642. The van der Waals surface area contributed by atoms with E-state index in [1.54, 1.807) is 0 Å².